The van der Waals surface area contributed by atoms with E-state index in [9.17, 15) is 0 Å². The second-order valence-corrected chi connectivity index (χ2v) is 7.13. The predicted molar refractivity (Wildman–Crippen MR) is 98.5 cm³/mol. The molecule has 0 amide bonds. The molecular weight excluding hydrogens is 316 g/mol. The van der Waals surface area contributed by atoms with Crippen LogP contribution >= 0.6 is 11.3 Å². The summed E-state index contributed by atoms with van der Waals surface area (Å²) in [6, 6.07) is 12.4. The third-order valence-electron chi connectivity index (χ3n) is 4.06. The first-order valence-corrected chi connectivity index (χ1v) is 8.72. The Labute approximate surface area is 144 Å². The molecule has 120 valence electrons. The lowest BCUT2D eigenvalue weighted by molar-refractivity contribution is 0.907. The minimum Gasteiger partial charge on any atom is -0.252 e. The number of pyridine rings is 1. The first-order valence-electron chi connectivity index (χ1n) is 7.91. The van der Waals surface area contributed by atoms with Gasteiger partial charge in [-0.25, -0.2) is 9.50 Å². The lowest BCUT2D eigenvalue weighted by Gasteiger charge is -2.02. The number of aryl methyl sites for hydroxylation is 4. The molecule has 0 aliphatic carbocycles. The monoisotopic (exact) mass is 334 g/mol. The van der Waals surface area contributed by atoms with E-state index in [1.165, 1.54) is 15.3 Å². The Hall–Kier alpha value is -2.53. The van der Waals surface area contributed by atoms with E-state index < -0.39 is 0 Å². The van der Waals surface area contributed by atoms with Crippen molar-refractivity contribution in [2.45, 2.75) is 27.7 Å². The minimum atomic E-state index is 0.885. The average Bonchev–Trinajstić information content (AvgIpc) is 3.06. The van der Waals surface area contributed by atoms with Gasteiger partial charge >= 0.3 is 0 Å². The molecule has 4 aromatic heterocycles. The molecule has 0 radical (unpaired) electrons. The van der Waals surface area contributed by atoms with Crippen LogP contribution in [-0.2, 0) is 0 Å². The molecule has 0 saturated carbocycles. The van der Waals surface area contributed by atoms with Gasteiger partial charge in [0, 0.05) is 5.69 Å². The molecule has 24 heavy (non-hydrogen) atoms. The van der Waals surface area contributed by atoms with E-state index in [1.54, 1.807) is 11.3 Å². The van der Waals surface area contributed by atoms with Gasteiger partial charge in [0.05, 0.1) is 26.8 Å². The highest BCUT2D eigenvalue weighted by Crippen LogP contribution is 2.38. The molecule has 5 heteroatoms. The number of rotatable bonds is 2. The number of nitrogens with zero attached hydrogens (tertiary/aromatic N) is 4. The quantitative estimate of drug-likeness (QED) is 0.531. The second kappa shape index (κ2) is 5.53. The average molecular weight is 334 g/mol. The van der Waals surface area contributed by atoms with Crippen molar-refractivity contribution in [1.29, 1.82) is 0 Å². The standard InChI is InChI=1S/C19H18N4S/c1-11-10-16(15-7-5-6-12(2)20-15)24-19(11)18-14(4)21-17-9-8-13(3)22-23(17)18/h5-10H,1-4H3. The van der Waals surface area contributed by atoms with Gasteiger partial charge < -0.3 is 0 Å². The van der Waals surface area contributed by atoms with Crippen molar-refractivity contribution < 1.29 is 0 Å². The van der Waals surface area contributed by atoms with Crippen molar-refractivity contribution in [2.75, 3.05) is 0 Å². The maximum atomic E-state index is 4.66. The van der Waals surface area contributed by atoms with Gasteiger partial charge in [0.2, 0.25) is 0 Å². The Morgan fingerprint density at radius 2 is 1.75 bits per heavy atom. The third-order valence-corrected chi connectivity index (χ3v) is 5.33. The molecule has 4 nitrogen and oxygen atoms in total. The van der Waals surface area contributed by atoms with Crippen LogP contribution in [0, 0.1) is 27.7 Å². The molecule has 4 aromatic rings. The SMILES string of the molecule is Cc1cccc(-c2cc(C)c(-c3c(C)nc4ccc(C)nn34)s2)n1. The number of thiophene rings is 1. The van der Waals surface area contributed by atoms with Crippen molar-refractivity contribution in [3.8, 4) is 21.1 Å². The number of hydrogen-bond donors (Lipinski definition) is 0. The molecule has 0 fully saturated rings. The molecule has 0 aliphatic heterocycles. The molecular formula is C19H18N4S. The summed E-state index contributed by atoms with van der Waals surface area (Å²) in [4.78, 5) is 11.7. The summed E-state index contributed by atoms with van der Waals surface area (Å²) in [5, 5.41) is 4.66. The van der Waals surface area contributed by atoms with E-state index in [2.05, 4.69) is 40.2 Å². The van der Waals surface area contributed by atoms with E-state index >= 15 is 0 Å². The first-order chi connectivity index (χ1) is 11.5. The zero-order chi connectivity index (χ0) is 16.8. The predicted octanol–water partition coefficient (Wildman–Crippen LogP) is 4.75. The Morgan fingerprint density at radius 1 is 0.917 bits per heavy atom. The van der Waals surface area contributed by atoms with Crippen molar-refractivity contribution in [2.24, 2.45) is 0 Å². The van der Waals surface area contributed by atoms with Crippen LogP contribution in [0.4, 0.5) is 0 Å². The Bertz CT molecular complexity index is 1060. The lowest BCUT2D eigenvalue weighted by atomic mass is 10.2. The fourth-order valence-corrected chi connectivity index (χ4v) is 4.14. The first kappa shape index (κ1) is 15.0. The number of aromatic nitrogens is 4. The molecule has 0 unspecified atom stereocenters. The van der Waals surface area contributed by atoms with Gasteiger partial charge in [-0.1, -0.05) is 6.07 Å². The molecule has 0 spiro atoms. The Balaban J connectivity index is 1.92. The summed E-state index contributed by atoms with van der Waals surface area (Å²) in [6.07, 6.45) is 0. The molecule has 0 atom stereocenters. The van der Waals surface area contributed by atoms with Crippen molar-refractivity contribution >= 4 is 17.0 Å². The van der Waals surface area contributed by atoms with E-state index in [0.29, 0.717) is 0 Å². The normalized spacial score (nSPS) is 11.3. The zero-order valence-electron chi connectivity index (χ0n) is 14.2. The van der Waals surface area contributed by atoms with Gasteiger partial charge in [-0.15, -0.1) is 11.3 Å². The van der Waals surface area contributed by atoms with E-state index in [4.69, 9.17) is 0 Å². The summed E-state index contributed by atoms with van der Waals surface area (Å²) in [5.41, 5.74) is 7.23. The maximum Gasteiger partial charge on any atom is 0.154 e. The van der Waals surface area contributed by atoms with Gasteiger partial charge in [0.25, 0.3) is 0 Å². The van der Waals surface area contributed by atoms with Gasteiger partial charge in [-0.3, -0.25) is 4.98 Å². The zero-order valence-corrected chi connectivity index (χ0v) is 15.0. The van der Waals surface area contributed by atoms with Crippen molar-refractivity contribution in [3.63, 3.8) is 0 Å². The molecule has 0 aliphatic rings. The molecule has 4 heterocycles. The maximum absolute atomic E-state index is 4.66. The molecule has 4 rings (SSSR count). The van der Waals surface area contributed by atoms with Crippen LogP contribution in [0.15, 0.2) is 36.4 Å². The van der Waals surface area contributed by atoms with Crippen LogP contribution in [0.5, 0.6) is 0 Å². The fourth-order valence-electron chi connectivity index (χ4n) is 2.92. The lowest BCUT2D eigenvalue weighted by Crippen LogP contribution is -1.96. The summed E-state index contributed by atoms with van der Waals surface area (Å²) in [7, 11) is 0. The van der Waals surface area contributed by atoms with Crippen LogP contribution < -0.4 is 0 Å². The van der Waals surface area contributed by atoms with E-state index in [-0.39, 0.29) is 0 Å². The largest absolute Gasteiger partial charge is 0.252 e. The molecule has 0 bridgehead atoms. The summed E-state index contributed by atoms with van der Waals surface area (Å²) in [6.45, 7) is 8.21. The summed E-state index contributed by atoms with van der Waals surface area (Å²) >= 11 is 1.75. The number of fused-ring (bicyclic) bond motifs is 1. The minimum absolute atomic E-state index is 0.885. The summed E-state index contributed by atoms with van der Waals surface area (Å²) in [5.74, 6) is 0. The highest BCUT2D eigenvalue weighted by atomic mass is 32.1. The van der Waals surface area contributed by atoms with Crippen LogP contribution in [0.25, 0.3) is 26.8 Å². The van der Waals surface area contributed by atoms with Crippen LogP contribution in [0.2, 0.25) is 0 Å². The summed E-state index contributed by atoms with van der Waals surface area (Å²) < 4.78 is 1.96. The van der Waals surface area contributed by atoms with Crippen molar-refractivity contribution in [3.05, 3.63) is 59.0 Å². The van der Waals surface area contributed by atoms with E-state index in [0.717, 1.165) is 34.1 Å². The number of hydrogen-bond acceptors (Lipinski definition) is 4. The van der Waals surface area contributed by atoms with Gasteiger partial charge in [0.1, 0.15) is 5.69 Å². The molecule has 0 N–H and O–H groups in total. The topological polar surface area (TPSA) is 43.1 Å². The van der Waals surface area contributed by atoms with Gasteiger partial charge in [-0.05, 0) is 63.6 Å². The molecule has 0 saturated heterocycles. The van der Waals surface area contributed by atoms with Gasteiger partial charge in [-0.2, -0.15) is 5.10 Å². The fraction of sp³-hybridized carbons (Fsp3) is 0.211. The van der Waals surface area contributed by atoms with E-state index in [1.807, 2.05) is 43.5 Å². The molecule has 0 aromatic carbocycles. The highest BCUT2D eigenvalue weighted by molar-refractivity contribution is 7.19. The number of imidazole rings is 1. The third kappa shape index (κ3) is 2.41. The van der Waals surface area contributed by atoms with Crippen LogP contribution in [0.3, 0.4) is 0 Å². The second-order valence-electron chi connectivity index (χ2n) is 6.08. The van der Waals surface area contributed by atoms with Crippen molar-refractivity contribution in [1.82, 2.24) is 19.6 Å². The Kier molecular flexibility index (Phi) is 3.46. The van der Waals surface area contributed by atoms with Gasteiger partial charge in [0.15, 0.2) is 5.65 Å². The highest BCUT2D eigenvalue weighted by Gasteiger charge is 2.18. The Morgan fingerprint density at radius 3 is 2.54 bits per heavy atom. The smallest absolute Gasteiger partial charge is 0.154 e. The van der Waals surface area contributed by atoms with Crippen LogP contribution in [0.1, 0.15) is 22.6 Å². The van der Waals surface area contributed by atoms with Crippen LogP contribution in [-0.4, -0.2) is 19.6 Å².